The third kappa shape index (κ3) is 1.49. The van der Waals surface area contributed by atoms with Crippen LogP contribution in [-0.4, -0.2) is 6.17 Å². The second-order valence-electron chi connectivity index (χ2n) is 3.63. The Bertz CT molecular complexity index is 155. The number of allylic oxidation sites excluding steroid dienone is 1. The van der Waals surface area contributed by atoms with Crippen LogP contribution in [0.2, 0.25) is 0 Å². The Morgan fingerprint density at radius 2 is 2.10 bits per heavy atom. The van der Waals surface area contributed by atoms with Crippen molar-refractivity contribution in [3.05, 3.63) is 11.8 Å². The lowest BCUT2D eigenvalue weighted by atomic mass is 9.92. The molecule has 58 valence electrons. The van der Waals surface area contributed by atoms with Crippen molar-refractivity contribution in [3.8, 4) is 0 Å². The molecule has 4 N–H and O–H groups in total. The molecule has 0 saturated carbocycles. The van der Waals surface area contributed by atoms with Crippen molar-refractivity contribution in [2.45, 2.75) is 26.9 Å². The summed E-state index contributed by atoms with van der Waals surface area (Å²) in [7, 11) is 0. The van der Waals surface area contributed by atoms with Gasteiger partial charge in [0.15, 0.2) is 0 Å². The van der Waals surface area contributed by atoms with Crippen molar-refractivity contribution in [2.24, 2.45) is 11.1 Å². The molecule has 0 saturated heterocycles. The summed E-state index contributed by atoms with van der Waals surface area (Å²) in [5.41, 5.74) is 12.8. The summed E-state index contributed by atoms with van der Waals surface area (Å²) >= 11 is 0. The van der Waals surface area contributed by atoms with E-state index < -0.39 is 0 Å². The number of hydrogen-bond acceptors (Lipinski definition) is 3. The lowest BCUT2D eigenvalue weighted by Gasteiger charge is -2.19. The van der Waals surface area contributed by atoms with Crippen molar-refractivity contribution < 1.29 is 0 Å². The molecule has 0 aromatic heterocycles. The number of rotatable bonds is 0. The van der Waals surface area contributed by atoms with Crippen LogP contribution in [0.25, 0.3) is 0 Å². The first kappa shape index (κ1) is 7.57. The van der Waals surface area contributed by atoms with Crippen molar-refractivity contribution in [2.75, 3.05) is 0 Å². The van der Waals surface area contributed by atoms with E-state index in [-0.39, 0.29) is 11.6 Å². The van der Waals surface area contributed by atoms with Crippen LogP contribution < -0.4 is 16.6 Å². The van der Waals surface area contributed by atoms with Gasteiger partial charge in [-0.2, -0.15) is 0 Å². The second kappa shape index (κ2) is 2.25. The largest absolute Gasteiger partial charge is 0.324 e. The normalized spacial score (nSPS) is 26.0. The summed E-state index contributed by atoms with van der Waals surface area (Å²) < 4.78 is 0. The SMILES string of the molecule is CC(C)(C)C1=CC(N)NN1. The average Bonchev–Trinajstić information content (AvgIpc) is 2.11. The molecule has 0 amide bonds. The van der Waals surface area contributed by atoms with Crippen LogP contribution >= 0.6 is 0 Å². The van der Waals surface area contributed by atoms with Crippen LogP contribution in [0.3, 0.4) is 0 Å². The Balaban J connectivity index is 2.67. The van der Waals surface area contributed by atoms with Crippen molar-refractivity contribution in [3.63, 3.8) is 0 Å². The van der Waals surface area contributed by atoms with Gasteiger partial charge in [0, 0.05) is 11.1 Å². The highest BCUT2D eigenvalue weighted by atomic mass is 15.4. The molecule has 1 rings (SSSR count). The van der Waals surface area contributed by atoms with E-state index in [1.54, 1.807) is 0 Å². The highest BCUT2D eigenvalue weighted by molar-refractivity contribution is 5.14. The molecule has 0 aliphatic carbocycles. The van der Waals surface area contributed by atoms with Crippen LogP contribution in [0.15, 0.2) is 11.8 Å². The average molecular weight is 141 g/mol. The number of nitrogens with one attached hydrogen (secondary N) is 2. The zero-order valence-electron chi connectivity index (χ0n) is 6.73. The van der Waals surface area contributed by atoms with E-state index >= 15 is 0 Å². The predicted octanol–water partition coefficient (Wildman–Crippen LogP) is 0.309. The zero-order valence-corrected chi connectivity index (χ0v) is 6.73. The Hall–Kier alpha value is -0.540. The van der Waals surface area contributed by atoms with E-state index in [1.807, 2.05) is 6.08 Å². The van der Waals surface area contributed by atoms with Gasteiger partial charge in [-0.3, -0.25) is 0 Å². The molecule has 1 unspecified atom stereocenters. The first-order chi connectivity index (χ1) is 4.50. The fraction of sp³-hybridized carbons (Fsp3) is 0.714. The van der Waals surface area contributed by atoms with E-state index in [0.717, 1.165) is 0 Å². The van der Waals surface area contributed by atoms with Crippen molar-refractivity contribution in [1.82, 2.24) is 10.9 Å². The summed E-state index contributed by atoms with van der Waals surface area (Å²) in [6.45, 7) is 6.43. The lowest BCUT2D eigenvalue weighted by Crippen LogP contribution is -2.38. The topological polar surface area (TPSA) is 50.1 Å². The molecule has 0 aromatic rings. The van der Waals surface area contributed by atoms with E-state index in [2.05, 4.69) is 31.6 Å². The van der Waals surface area contributed by atoms with Gasteiger partial charge in [0.25, 0.3) is 0 Å². The predicted molar refractivity (Wildman–Crippen MR) is 41.8 cm³/mol. The summed E-state index contributed by atoms with van der Waals surface area (Å²) in [4.78, 5) is 0. The van der Waals surface area contributed by atoms with E-state index in [9.17, 15) is 0 Å². The first-order valence-corrected chi connectivity index (χ1v) is 3.49. The van der Waals surface area contributed by atoms with Crippen molar-refractivity contribution in [1.29, 1.82) is 0 Å². The van der Waals surface area contributed by atoms with E-state index in [0.29, 0.717) is 0 Å². The van der Waals surface area contributed by atoms with Crippen molar-refractivity contribution >= 4 is 0 Å². The lowest BCUT2D eigenvalue weighted by molar-refractivity contribution is 0.447. The molecule has 1 aliphatic rings. The number of nitrogens with two attached hydrogens (primary N) is 1. The molecular weight excluding hydrogens is 126 g/mol. The Labute approximate surface area is 61.6 Å². The summed E-state index contributed by atoms with van der Waals surface area (Å²) in [6, 6.07) is 0. The number of hydrogen-bond donors (Lipinski definition) is 3. The smallest absolute Gasteiger partial charge is 0.0932 e. The van der Waals surface area contributed by atoms with Gasteiger partial charge in [-0.25, -0.2) is 5.43 Å². The minimum absolute atomic E-state index is 0.0331. The minimum atomic E-state index is -0.0331. The van der Waals surface area contributed by atoms with Gasteiger partial charge in [0.2, 0.25) is 0 Å². The first-order valence-electron chi connectivity index (χ1n) is 3.49. The molecule has 1 aliphatic heterocycles. The Kier molecular flexibility index (Phi) is 1.70. The molecule has 10 heavy (non-hydrogen) atoms. The summed E-state index contributed by atoms with van der Waals surface area (Å²) in [5.74, 6) is 0. The molecule has 0 aromatic carbocycles. The van der Waals surface area contributed by atoms with Gasteiger partial charge in [-0.15, -0.1) is 0 Å². The molecule has 0 radical (unpaired) electrons. The Morgan fingerprint density at radius 3 is 2.30 bits per heavy atom. The minimum Gasteiger partial charge on any atom is -0.324 e. The maximum atomic E-state index is 5.57. The van der Waals surface area contributed by atoms with Gasteiger partial charge < -0.3 is 11.2 Å². The molecule has 0 fully saturated rings. The molecule has 3 nitrogen and oxygen atoms in total. The maximum absolute atomic E-state index is 5.57. The fourth-order valence-corrected chi connectivity index (χ4v) is 0.861. The summed E-state index contributed by atoms with van der Waals surface area (Å²) in [5, 5.41) is 0. The standard InChI is InChI=1S/C7H15N3/c1-7(2,3)5-4-6(8)10-9-5/h4,6,9-10H,8H2,1-3H3. The summed E-state index contributed by atoms with van der Waals surface area (Å²) in [6.07, 6.45) is 1.97. The van der Waals surface area contributed by atoms with E-state index in [4.69, 9.17) is 5.73 Å². The molecular formula is C7H15N3. The van der Waals surface area contributed by atoms with Crippen LogP contribution in [-0.2, 0) is 0 Å². The van der Waals surface area contributed by atoms with Crippen LogP contribution in [0, 0.1) is 5.41 Å². The van der Waals surface area contributed by atoms with Gasteiger partial charge in [0.05, 0.1) is 6.17 Å². The zero-order chi connectivity index (χ0) is 7.78. The van der Waals surface area contributed by atoms with Gasteiger partial charge >= 0.3 is 0 Å². The van der Waals surface area contributed by atoms with E-state index in [1.165, 1.54) is 5.70 Å². The molecule has 1 heterocycles. The highest BCUT2D eigenvalue weighted by Gasteiger charge is 2.21. The van der Waals surface area contributed by atoms with Crippen LogP contribution in [0.5, 0.6) is 0 Å². The molecule has 0 bridgehead atoms. The molecule has 3 heteroatoms. The van der Waals surface area contributed by atoms with Crippen LogP contribution in [0.4, 0.5) is 0 Å². The number of hydrazine groups is 1. The fourth-order valence-electron chi connectivity index (χ4n) is 0.861. The van der Waals surface area contributed by atoms with Gasteiger partial charge in [-0.1, -0.05) is 20.8 Å². The van der Waals surface area contributed by atoms with Gasteiger partial charge in [-0.05, 0) is 6.08 Å². The molecule has 0 spiro atoms. The molecule has 1 atom stereocenters. The third-order valence-electron chi connectivity index (χ3n) is 1.53. The van der Waals surface area contributed by atoms with Gasteiger partial charge in [0.1, 0.15) is 0 Å². The Morgan fingerprint density at radius 1 is 1.50 bits per heavy atom. The quantitative estimate of drug-likeness (QED) is 0.455. The maximum Gasteiger partial charge on any atom is 0.0932 e. The second-order valence-corrected chi connectivity index (χ2v) is 3.63. The third-order valence-corrected chi connectivity index (χ3v) is 1.53. The highest BCUT2D eigenvalue weighted by Crippen LogP contribution is 2.23. The van der Waals surface area contributed by atoms with Crippen LogP contribution in [0.1, 0.15) is 20.8 Å². The monoisotopic (exact) mass is 141 g/mol.